The van der Waals surface area contributed by atoms with Crippen molar-refractivity contribution in [1.29, 1.82) is 0 Å². The van der Waals surface area contributed by atoms with Crippen LogP contribution in [-0.4, -0.2) is 12.6 Å². The van der Waals surface area contributed by atoms with Crippen LogP contribution in [-0.2, 0) is 5.66 Å². The van der Waals surface area contributed by atoms with Gasteiger partial charge in [0, 0.05) is 27.4 Å². The molecule has 0 fully saturated rings. The van der Waals surface area contributed by atoms with Crippen molar-refractivity contribution >= 4 is 67.8 Å². The van der Waals surface area contributed by atoms with Crippen LogP contribution in [0.3, 0.4) is 0 Å². The minimum Gasteiger partial charge on any atom is -0.455 e. The zero-order chi connectivity index (χ0) is 35.2. The smallest absolute Gasteiger partial charge is 0.364 e. The summed E-state index contributed by atoms with van der Waals surface area (Å²) in [5, 5.41) is 8.56. The Kier molecular flexibility index (Phi) is 5.51. The summed E-state index contributed by atoms with van der Waals surface area (Å²) in [5.74, 6) is 1.12. The van der Waals surface area contributed by atoms with Gasteiger partial charge >= 0.3 is 11.5 Å². The van der Waals surface area contributed by atoms with Gasteiger partial charge in [0.2, 0.25) is 5.69 Å². The number of rotatable bonds is 2. The Morgan fingerprint density at radius 1 is 0.604 bits per heavy atom. The molecule has 0 saturated heterocycles. The van der Waals surface area contributed by atoms with Crippen LogP contribution in [0, 0.1) is 0 Å². The highest BCUT2D eigenvalue weighted by molar-refractivity contribution is 6.88. The second-order valence-electron chi connectivity index (χ2n) is 15.8. The van der Waals surface area contributed by atoms with Crippen LogP contribution in [0.25, 0.3) is 82.8 Å². The second-order valence-corrected chi connectivity index (χ2v) is 20.9. The summed E-state index contributed by atoms with van der Waals surface area (Å²) in [4.78, 5) is 0. The highest BCUT2D eigenvalue weighted by atomic mass is 28.3. The van der Waals surface area contributed by atoms with Gasteiger partial charge in [-0.25, -0.2) is 0 Å². The fourth-order valence-electron chi connectivity index (χ4n) is 9.60. The summed E-state index contributed by atoms with van der Waals surface area (Å²) in [6.45, 7) is 7.34. The molecule has 5 heterocycles. The number of benzene rings is 7. The summed E-state index contributed by atoms with van der Waals surface area (Å²) < 4.78 is 14.8. The molecule has 0 saturated carbocycles. The highest BCUT2D eigenvalue weighted by Gasteiger charge is 2.67. The number of nitrogens with zero attached hydrogens (tertiary/aromatic N) is 3. The topological polar surface area (TPSA) is 25.8 Å². The van der Waals surface area contributed by atoms with E-state index < -0.39 is 13.7 Å². The zero-order valence-electron chi connectivity index (χ0n) is 29.8. The zero-order valence-corrected chi connectivity index (χ0v) is 30.8. The van der Waals surface area contributed by atoms with Crippen molar-refractivity contribution < 1.29 is 13.6 Å². The molecule has 0 bridgehead atoms. The fourth-order valence-corrected chi connectivity index (χ4v) is 10.7. The molecule has 1 unspecified atom stereocenters. The normalized spacial score (nSPS) is 15.9. The Labute approximate surface area is 307 Å². The van der Waals surface area contributed by atoms with Gasteiger partial charge in [-0.3, -0.25) is 0 Å². The molecule has 1 atom stereocenters. The molecule has 12 rings (SSSR count). The Morgan fingerprint density at radius 3 is 2.17 bits per heavy atom. The van der Waals surface area contributed by atoms with Gasteiger partial charge in [0.25, 0.3) is 0 Å². The number of aromatic nitrogens is 3. The van der Waals surface area contributed by atoms with Crippen molar-refractivity contribution in [2.75, 3.05) is 0 Å². The number of fused-ring (bicyclic) bond motifs is 18. The van der Waals surface area contributed by atoms with E-state index in [-0.39, 0.29) is 0 Å². The molecular weight excluding hydrogens is 663 g/mol. The number of pyridine rings is 1. The van der Waals surface area contributed by atoms with Crippen molar-refractivity contribution in [3.63, 3.8) is 0 Å². The van der Waals surface area contributed by atoms with E-state index in [1.165, 1.54) is 60.1 Å². The highest BCUT2D eigenvalue weighted by Crippen LogP contribution is 2.52. The van der Waals surface area contributed by atoms with E-state index in [1.807, 2.05) is 0 Å². The molecule has 5 heteroatoms. The predicted molar refractivity (Wildman–Crippen MR) is 218 cm³/mol. The third kappa shape index (κ3) is 3.60. The third-order valence-corrected chi connectivity index (χ3v) is 14.0. The Balaban J connectivity index is 1.38. The lowest BCUT2D eigenvalue weighted by Crippen LogP contribution is -2.72. The van der Waals surface area contributed by atoms with Crippen LogP contribution in [0.15, 0.2) is 162 Å². The van der Waals surface area contributed by atoms with Crippen LogP contribution in [0.5, 0.6) is 0 Å². The van der Waals surface area contributed by atoms with Crippen molar-refractivity contribution in [1.82, 2.24) is 4.57 Å². The molecule has 3 aromatic heterocycles. The van der Waals surface area contributed by atoms with Crippen LogP contribution in [0.2, 0.25) is 19.6 Å². The van der Waals surface area contributed by atoms with E-state index in [0.717, 1.165) is 39.0 Å². The molecule has 250 valence electrons. The molecule has 4 nitrogen and oxygen atoms in total. The molecule has 0 aliphatic carbocycles. The van der Waals surface area contributed by atoms with Crippen LogP contribution >= 0.6 is 0 Å². The van der Waals surface area contributed by atoms with Crippen molar-refractivity contribution in [2.45, 2.75) is 25.3 Å². The van der Waals surface area contributed by atoms with Gasteiger partial charge < -0.3 is 4.42 Å². The molecular formula is C48H35N3OSi+2. The van der Waals surface area contributed by atoms with Gasteiger partial charge in [0.15, 0.2) is 22.8 Å². The molecule has 53 heavy (non-hydrogen) atoms. The van der Waals surface area contributed by atoms with E-state index in [0.29, 0.717) is 0 Å². The van der Waals surface area contributed by atoms with E-state index in [1.54, 1.807) is 0 Å². The first-order chi connectivity index (χ1) is 25.9. The Morgan fingerprint density at radius 2 is 1.32 bits per heavy atom. The summed E-state index contributed by atoms with van der Waals surface area (Å²) in [7, 11) is -1.72. The summed E-state index contributed by atoms with van der Waals surface area (Å²) in [5.41, 5.74) is 10.8. The monoisotopic (exact) mass is 697 g/mol. The van der Waals surface area contributed by atoms with Gasteiger partial charge in [-0.05, 0) is 64.7 Å². The Bertz CT molecular complexity index is 3230. The number of imidazole rings is 1. The largest absolute Gasteiger partial charge is 0.455 e. The lowest BCUT2D eigenvalue weighted by Gasteiger charge is -2.22. The average molecular weight is 698 g/mol. The number of furan rings is 1. The maximum absolute atomic E-state index is 7.03. The summed E-state index contributed by atoms with van der Waals surface area (Å²) in [6.07, 6.45) is 2.48. The second kappa shape index (κ2) is 9.97. The minimum absolute atomic E-state index is 0.712. The molecule has 0 radical (unpaired) electrons. The lowest BCUT2D eigenvalue weighted by atomic mass is 9.88. The van der Waals surface area contributed by atoms with Crippen molar-refractivity contribution in [3.8, 4) is 28.3 Å². The SMILES string of the molecule is C[Si](C)(C)c1ccc2[n+](c1)C1(c3ccccc3-2)c2ccc3c(oc4ccccc43)c2-c2n(-c3cccc4ccccc34)c3cc4ccccc4cc3[n+]21. The van der Waals surface area contributed by atoms with Crippen molar-refractivity contribution in [2.24, 2.45) is 0 Å². The third-order valence-electron chi connectivity index (χ3n) is 12.0. The predicted octanol–water partition coefficient (Wildman–Crippen LogP) is 10.2. The molecule has 0 N–H and O–H groups in total. The first-order valence-electron chi connectivity index (χ1n) is 18.5. The average Bonchev–Trinajstić information content (AvgIpc) is 3.89. The lowest BCUT2D eigenvalue weighted by molar-refractivity contribution is -0.944. The van der Waals surface area contributed by atoms with E-state index in [4.69, 9.17) is 4.42 Å². The number of hydrogen-bond acceptors (Lipinski definition) is 1. The summed E-state index contributed by atoms with van der Waals surface area (Å²) in [6, 6.07) is 56.1. The quantitative estimate of drug-likeness (QED) is 0.130. The van der Waals surface area contributed by atoms with Gasteiger partial charge in [0.1, 0.15) is 16.8 Å². The summed E-state index contributed by atoms with van der Waals surface area (Å²) >= 11 is 0. The fraction of sp³-hybridized carbons (Fsp3) is 0.0833. The minimum atomic E-state index is -1.72. The van der Waals surface area contributed by atoms with Crippen LogP contribution < -0.4 is 14.3 Å². The maximum atomic E-state index is 7.03. The first-order valence-corrected chi connectivity index (χ1v) is 22.0. The van der Waals surface area contributed by atoms with E-state index in [2.05, 4.69) is 191 Å². The van der Waals surface area contributed by atoms with Gasteiger partial charge in [-0.15, -0.1) is 9.13 Å². The molecule has 0 amide bonds. The maximum Gasteiger partial charge on any atom is 0.364 e. The molecule has 1 spiro atoms. The van der Waals surface area contributed by atoms with E-state index in [9.17, 15) is 0 Å². The number of hydrogen-bond donors (Lipinski definition) is 0. The van der Waals surface area contributed by atoms with Crippen LogP contribution in [0.1, 0.15) is 11.1 Å². The molecule has 2 aliphatic rings. The van der Waals surface area contributed by atoms with Gasteiger partial charge in [0.05, 0.1) is 24.8 Å². The Hall–Kier alpha value is -6.30. The molecule has 7 aromatic carbocycles. The molecule has 10 aromatic rings. The standard InChI is InChI=1S/C48H35N3OSi/c1-53(2,3)33-23-26-40-37-19-8-10-20-38(37)48(49(40)29-33)39-25-24-36-35-18-9-11-22-44(35)52-46(36)45(39)47-50(41-21-12-16-30-13-6-7-17-34(30)41)42-27-31-14-4-5-15-32(31)28-43(42)51(47)48/h4-29H,1-3H3/q+2. The van der Waals surface area contributed by atoms with Crippen molar-refractivity contribution in [3.05, 3.63) is 169 Å². The van der Waals surface area contributed by atoms with Crippen LogP contribution in [0.4, 0.5) is 0 Å². The van der Waals surface area contributed by atoms with Gasteiger partial charge in [-0.2, -0.15) is 4.57 Å². The molecule has 2 aliphatic heterocycles. The first kappa shape index (κ1) is 29.3. The van der Waals surface area contributed by atoms with E-state index >= 15 is 0 Å². The van der Waals surface area contributed by atoms with Gasteiger partial charge in [-0.1, -0.05) is 117 Å². The number of para-hydroxylation sites is 1.